The van der Waals surface area contributed by atoms with E-state index in [4.69, 9.17) is 4.74 Å². The zero-order valence-corrected chi connectivity index (χ0v) is 9.80. The van der Waals surface area contributed by atoms with Crippen molar-refractivity contribution in [1.82, 2.24) is 0 Å². The third kappa shape index (κ3) is 1.54. The van der Waals surface area contributed by atoms with E-state index in [1.54, 1.807) is 7.11 Å². The van der Waals surface area contributed by atoms with Crippen LogP contribution in [0.4, 0.5) is 5.69 Å². The number of hydrogen-bond acceptors (Lipinski definition) is 2. The second kappa shape index (κ2) is 3.91. The Kier molecular flexibility index (Phi) is 2.39. The highest BCUT2D eigenvalue weighted by Gasteiger charge is 2.47. The maximum Gasteiger partial charge on any atom is 0.232 e. The highest BCUT2D eigenvalue weighted by molar-refractivity contribution is 6.03. The SMILES string of the molecule is COc1ccc(N2C(=O)[C@H]3CC=CC[C@H]32)cc1. The Morgan fingerprint density at radius 2 is 1.88 bits per heavy atom. The molecular weight excluding hydrogens is 214 g/mol. The molecule has 1 aliphatic heterocycles. The summed E-state index contributed by atoms with van der Waals surface area (Å²) in [4.78, 5) is 13.9. The van der Waals surface area contributed by atoms with E-state index in [1.807, 2.05) is 29.2 Å². The van der Waals surface area contributed by atoms with Crippen LogP contribution in [0.2, 0.25) is 0 Å². The molecule has 1 aromatic carbocycles. The molecule has 17 heavy (non-hydrogen) atoms. The minimum Gasteiger partial charge on any atom is -0.497 e. The summed E-state index contributed by atoms with van der Waals surface area (Å²) in [5.41, 5.74) is 0.979. The van der Waals surface area contributed by atoms with Gasteiger partial charge in [-0.3, -0.25) is 4.79 Å². The molecule has 2 aliphatic rings. The fourth-order valence-corrected chi connectivity index (χ4v) is 2.67. The van der Waals surface area contributed by atoms with E-state index in [0.29, 0.717) is 6.04 Å². The lowest BCUT2D eigenvalue weighted by Crippen LogP contribution is -2.61. The van der Waals surface area contributed by atoms with Gasteiger partial charge in [-0.1, -0.05) is 12.2 Å². The van der Waals surface area contributed by atoms with Crippen LogP contribution >= 0.6 is 0 Å². The van der Waals surface area contributed by atoms with Gasteiger partial charge in [0, 0.05) is 5.69 Å². The van der Waals surface area contributed by atoms with Crippen molar-refractivity contribution in [2.45, 2.75) is 18.9 Å². The first kappa shape index (κ1) is 10.4. The van der Waals surface area contributed by atoms with Crippen molar-refractivity contribution in [3.63, 3.8) is 0 Å². The van der Waals surface area contributed by atoms with E-state index in [9.17, 15) is 4.79 Å². The Bertz CT molecular complexity index is 464. The molecule has 0 unspecified atom stereocenters. The van der Waals surface area contributed by atoms with E-state index in [0.717, 1.165) is 24.3 Å². The molecule has 88 valence electrons. The standard InChI is InChI=1S/C14H15NO2/c1-17-11-8-6-10(7-9-11)15-13-5-3-2-4-12(13)14(15)16/h2-3,6-9,12-13H,4-5H2,1H3/t12-,13+/m0/s1. The molecule has 3 nitrogen and oxygen atoms in total. The zero-order valence-electron chi connectivity index (χ0n) is 9.80. The Morgan fingerprint density at radius 1 is 1.18 bits per heavy atom. The van der Waals surface area contributed by atoms with E-state index in [2.05, 4.69) is 12.2 Å². The molecule has 1 saturated heterocycles. The molecular formula is C14H15NO2. The fourth-order valence-electron chi connectivity index (χ4n) is 2.67. The maximum atomic E-state index is 12.0. The van der Waals surface area contributed by atoms with E-state index < -0.39 is 0 Å². The first-order valence-electron chi connectivity index (χ1n) is 5.93. The molecule has 0 aromatic heterocycles. The number of rotatable bonds is 2. The lowest BCUT2D eigenvalue weighted by atomic mass is 9.79. The van der Waals surface area contributed by atoms with Gasteiger partial charge in [0.1, 0.15) is 5.75 Å². The van der Waals surface area contributed by atoms with Crippen LogP contribution in [0.1, 0.15) is 12.8 Å². The molecule has 0 spiro atoms. The second-order valence-corrected chi connectivity index (χ2v) is 4.52. The van der Waals surface area contributed by atoms with Gasteiger partial charge in [-0.25, -0.2) is 0 Å². The molecule has 3 rings (SSSR count). The van der Waals surface area contributed by atoms with Crippen LogP contribution in [0.15, 0.2) is 36.4 Å². The number of carbonyl (C=O) groups is 1. The third-order valence-electron chi connectivity index (χ3n) is 3.64. The minimum atomic E-state index is 0.210. The van der Waals surface area contributed by atoms with Gasteiger partial charge in [-0.05, 0) is 37.1 Å². The van der Waals surface area contributed by atoms with Gasteiger partial charge >= 0.3 is 0 Å². The topological polar surface area (TPSA) is 29.5 Å². The monoisotopic (exact) mass is 229 g/mol. The summed E-state index contributed by atoms with van der Waals surface area (Å²) >= 11 is 0. The largest absolute Gasteiger partial charge is 0.497 e. The van der Waals surface area contributed by atoms with Gasteiger partial charge in [0.05, 0.1) is 19.1 Å². The number of carbonyl (C=O) groups excluding carboxylic acids is 1. The van der Waals surface area contributed by atoms with Crippen molar-refractivity contribution >= 4 is 11.6 Å². The molecule has 2 atom stereocenters. The zero-order chi connectivity index (χ0) is 11.8. The number of amides is 1. The number of allylic oxidation sites excluding steroid dienone is 1. The molecule has 3 heteroatoms. The number of β-lactam (4-membered cyclic amide) rings is 1. The van der Waals surface area contributed by atoms with Crippen molar-refractivity contribution in [3.05, 3.63) is 36.4 Å². The van der Waals surface area contributed by atoms with Crippen LogP contribution in [-0.4, -0.2) is 19.1 Å². The molecule has 0 N–H and O–H groups in total. The summed E-state index contributed by atoms with van der Waals surface area (Å²) in [5.74, 6) is 1.29. The van der Waals surface area contributed by atoms with Gasteiger partial charge in [-0.2, -0.15) is 0 Å². The number of ether oxygens (including phenoxy) is 1. The third-order valence-corrected chi connectivity index (χ3v) is 3.64. The van der Waals surface area contributed by atoms with Crippen LogP contribution in [0.25, 0.3) is 0 Å². The van der Waals surface area contributed by atoms with Crippen molar-refractivity contribution in [2.75, 3.05) is 12.0 Å². The normalized spacial score (nSPS) is 26.4. The van der Waals surface area contributed by atoms with Crippen molar-refractivity contribution < 1.29 is 9.53 Å². The van der Waals surface area contributed by atoms with Crippen LogP contribution < -0.4 is 9.64 Å². The highest BCUT2D eigenvalue weighted by Crippen LogP contribution is 2.39. The molecule has 1 heterocycles. The van der Waals surface area contributed by atoms with Crippen LogP contribution in [0.5, 0.6) is 5.75 Å². The average molecular weight is 229 g/mol. The van der Waals surface area contributed by atoms with Crippen molar-refractivity contribution in [2.24, 2.45) is 5.92 Å². The summed E-state index contributed by atoms with van der Waals surface area (Å²) in [7, 11) is 1.64. The molecule has 1 aliphatic carbocycles. The van der Waals surface area contributed by atoms with Crippen LogP contribution in [0, 0.1) is 5.92 Å². The van der Waals surface area contributed by atoms with Crippen LogP contribution in [-0.2, 0) is 4.79 Å². The summed E-state index contributed by atoms with van der Waals surface area (Å²) < 4.78 is 5.12. The Morgan fingerprint density at radius 3 is 2.59 bits per heavy atom. The van der Waals surface area contributed by atoms with Crippen LogP contribution in [0.3, 0.4) is 0 Å². The Labute approximate surface area is 101 Å². The number of fused-ring (bicyclic) bond motifs is 1. The Balaban J connectivity index is 1.84. The number of benzene rings is 1. The average Bonchev–Trinajstić information content (AvgIpc) is 2.39. The quantitative estimate of drug-likeness (QED) is 0.575. The van der Waals surface area contributed by atoms with Crippen molar-refractivity contribution in [3.8, 4) is 5.75 Å². The minimum absolute atomic E-state index is 0.210. The summed E-state index contributed by atoms with van der Waals surface area (Å²) in [6.07, 6.45) is 6.16. The van der Waals surface area contributed by atoms with Gasteiger partial charge < -0.3 is 9.64 Å². The number of hydrogen-bond donors (Lipinski definition) is 0. The van der Waals surface area contributed by atoms with Gasteiger partial charge in [0.15, 0.2) is 0 Å². The molecule has 1 amide bonds. The van der Waals surface area contributed by atoms with Gasteiger partial charge in [0.2, 0.25) is 5.91 Å². The summed E-state index contributed by atoms with van der Waals surface area (Å²) in [6, 6.07) is 8.06. The van der Waals surface area contributed by atoms with E-state index >= 15 is 0 Å². The van der Waals surface area contributed by atoms with E-state index in [-0.39, 0.29) is 11.8 Å². The second-order valence-electron chi connectivity index (χ2n) is 4.52. The molecule has 0 radical (unpaired) electrons. The summed E-state index contributed by atoms with van der Waals surface area (Å²) in [6.45, 7) is 0. The molecule has 1 aromatic rings. The number of nitrogens with zero attached hydrogens (tertiary/aromatic N) is 1. The fraction of sp³-hybridized carbons (Fsp3) is 0.357. The van der Waals surface area contributed by atoms with Gasteiger partial charge in [-0.15, -0.1) is 0 Å². The highest BCUT2D eigenvalue weighted by atomic mass is 16.5. The predicted octanol–water partition coefficient (Wildman–Crippen LogP) is 2.38. The smallest absolute Gasteiger partial charge is 0.232 e. The lowest BCUT2D eigenvalue weighted by molar-refractivity contribution is -0.130. The molecule has 0 saturated carbocycles. The number of anilines is 1. The maximum absolute atomic E-state index is 12.0. The first-order valence-corrected chi connectivity index (χ1v) is 5.93. The first-order chi connectivity index (χ1) is 8.31. The summed E-state index contributed by atoms with van der Waals surface area (Å²) in [5, 5.41) is 0. The molecule has 1 fully saturated rings. The Hall–Kier alpha value is -1.77. The number of methoxy groups -OCH3 is 1. The lowest BCUT2D eigenvalue weighted by Gasteiger charge is -2.48. The van der Waals surface area contributed by atoms with Crippen molar-refractivity contribution in [1.29, 1.82) is 0 Å². The molecule has 0 bridgehead atoms. The van der Waals surface area contributed by atoms with E-state index in [1.165, 1.54) is 0 Å². The van der Waals surface area contributed by atoms with Gasteiger partial charge in [0.25, 0.3) is 0 Å². The predicted molar refractivity (Wildman–Crippen MR) is 66.1 cm³/mol.